The highest BCUT2D eigenvalue weighted by Crippen LogP contribution is 2.27. The molecule has 0 aliphatic rings. The van der Waals surface area contributed by atoms with E-state index < -0.39 is 5.76 Å². The zero-order valence-corrected chi connectivity index (χ0v) is 9.84. The molecule has 2 aromatic rings. The number of oxazole rings is 1. The second-order valence-electron chi connectivity index (χ2n) is 3.92. The number of hydrogen-bond donors (Lipinski definition) is 1. The smallest absolute Gasteiger partial charge is 0.412 e. The molecule has 0 saturated carbocycles. The highest BCUT2D eigenvalue weighted by Gasteiger charge is 2.14. The van der Waals surface area contributed by atoms with E-state index in [1.165, 1.54) is 0 Å². The molecule has 16 heavy (non-hydrogen) atoms. The third kappa shape index (κ3) is 2.04. The summed E-state index contributed by atoms with van der Waals surface area (Å²) >= 11 is 5.81. The van der Waals surface area contributed by atoms with Gasteiger partial charge < -0.3 is 4.42 Å². The Morgan fingerprint density at radius 3 is 2.44 bits per heavy atom. The molecule has 1 heterocycles. The average Bonchev–Trinajstić information content (AvgIpc) is 2.61. The summed E-state index contributed by atoms with van der Waals surface area (Å²) in [6.45, 7) is 3.96. The van der Waals surface area contributed by atoms with E-state index in [1.54, 1.807) is 12.1 Å². The van der Waals surface area contributed by atoms with E-state index in [2.05, 4.69) is 4.98 Å². The Morgan fingerprint density at radius 1 is 1.25 bits per heavy atom. The van der Waals surface area contributed by atoms with E-state index >= 15 is 0 Å². The van der Waals surface area contributed by atoms with E-state index in [9.17, 15) is 4.79 Å². The monoisotopic (exact) mass is 237 g/mol. The van der Waals surface area contributed by atoms with Gasteiger partial charge in [-0.15, -0.1) is 0 Å². The standard InChI is InChI=1S/C12H12ClNO2/c1-7(2)11-10(14-12(15)16-11)8-3-5-9(13)6-4-8/h3-7H,1-2H3,(H,14,15). The molecule has 1 aromatic heterocycles. The number of benzene rings is 1. The summed E-state index contributed by atoms with van der Waals surface area (Å²) in [6, 6.07) is 7.28. The molecule has 0 saturated heterocycles. The quantitative estimate of drug-likeness (QED) is 0.870. The SMILES string of the molecule is CC(C)c1oc(=O)[nH]c1-c1ccc(Cl)cc1. The normalized spacial score (nSPS) is 11.0. The molecule has 3 nitrogen and oxygen atoms in total. The van der Waals surface area contributed by atoms with Crippen molar-refractivity contribution in [3.05, 3.63) is 45.6 Å². The zero-order valence-electron chi connectivity index (χ0n) is 9.08. The summed E-state index contributed by atoms with van der Waals surface area (Å²) in [5.41, 5.74) is 1.63. The molecule has 0 bridgehead atoms. The summed E-state index contributed by atoms with van der Waals surface area (Å²) in [5, 5.41) is 0.667. The third-order valence-corrected chi connectivity index (χ3v) is 2.59. The van der Waals surface area contributed by atoms with Gasteiger partial charge in [0.25, 0.3) is 0 Å². The number of nitrogens with one attached hydrogen (secondary N) is 1. The van der Waals surface area contributed by atoms with Crippen LogP contribution in [0.2, 0.25) is 5.02 Å². The highest BCUT2D eigenvalue weighted by atomic mass is 35.5. The van der Waals surface area contributed by atoms with Crippen LogP contribution in [-0.2, 0) is 0 Å². The minimum absolute atomic E-state index is 0.157. The van der Waals surface area contributed by atoms with Crippen LogP contribution < -0.4 is 5.76 Å². The van der Waals surface area contributed by atoms with Gasteiger partial charge in [-0.2, -0.15) is 0 Å². The van der Waals surface area contributed by atoms with Crippen molar-refractivity contribution in [2.45, 2.75) is 19.8 Å². The molecule has 0 radical (unpaired) electrons. The first-order chi connectivity index (χ1) is 7.58. The molecule has 0 fully saturated rings. The van der Waals surface area contributed by atoms with Gasteiger partial charge in [-0.05, 0) is 12.1 Å². The number of rotatable bonds is 2. The summed E-state index contributed by atoms with van der Waals surface area (Å²) in [4.78, 5) is 13.9. The largest absolute Gasteiger partial charge is 0.416 e. The van der Waals surface area contributed by atoms with Crippen molar-refractivity contribution in [2.75, 3.05) is 0 Å². The highest BCUT2D eigenvalue weighted by molar-refractivity contribution is 6.30. The number of H-pyrrole nitrogens is 1. The Labute approximate surface area is 98.1 Å². The van der Waals surface area contributed by atoms with Crippen LogP contribution in [0, 0.1) is 0 Å². The maximum absolute atomic E-state index is 11.2. The Bertz CT molecular complexity index is 537. The molecule has 2 rings (SSSR count). The molecule has 0 amide bonds. The molecule has 1 N–H and O–H groups in total. The molecular weight excluding hydrogens is 226 g/mol. The van der Waals surface area contributed by atoms with E-state index in [0.717, 1.165) is 11.3 Å². The number of aromatic amines is 1. The van der Waals surface area contributed by atoms with Gasteiger partial charge in [-0.3, -0.25) is 4.98 Å². The van der Waals surface area contributed by atoms with Crippen LogP contribution in [0.15, 0.2) is 33.5 Å². The Kier molecular flexibility index (Phi) is 2.88. The molecule has 0 aliphatic heterocycles. The Morgan fingerprint density at radius 2 is 1.88 bits per heavy atom. The van der Waals surface area contributed by atoms with E-state index in [4.69, 9.17) is 16.0 Å². The Hall–Kier alpha value is -1.48. The summed E-state index contributed by atoms with van der Waals surface area (Å²) in [6.07, 6.45) is 0. The van der Waals surface area contributed by atoms with E-state index in [1.807, 2.05) is 26.0 Å². The fourth-order valence-electron chi connectivity index (χ4n) is 1.58. The lowest BCUT2D eigenvalue weighted by molar-refractivity contribution is 0.451. The van der Waals surface area contributed by atoms with Crippen molar-refractivity contribution >= 4 is 11.6 Å². The van der Waals surface area contributed by atoms with Gasteiger partial charge in [0.05, 0.1) is 5.69 Å². The number of aromatic nitrogens is 1. The van der Waals surface area contributed by atoms with E-state index in [0.29, 0.717) is 10.8 Å². The van der Waals surface area contributed by atoms with Crippen molar-refractivity contribution < 1.29 is 4.42 Å². The molecule has 0 aliphatic carbocycles. The van der Waals surface area contributed by atoms with Crippen molar-refractivity contribution in [3.8, 4) is 11.3 Å². The summed E-state index contributed by atoms with van der Waals surface area (Å²) < 4.78 is 5.12. The Balaban J connectivity index is 2.55. The lowest BCUT2D eigenvalue weighted by Crippen LogP contribution is -1.94. The second-order valence-corrected chi connectivity index (χ2v) is 4.35. The maximum atomic E-state index is 11.2. The van der Waals surface area contributed by atoms with Crippen LogP contribution in [0.3, 0.4) is 0 Å². The van der Waals surface area contributed by atoms with Crippen molar-refractivity contribution in [1.29, 1.82) is 0 Å². The average molecular weight is 238 g/mol. The van der Waals surface area contributed by atoms with Crippen LogP contribution >= 0.6 is 11.6 Å². The van der Waals surface area contributed by atoms with Gasteiger partial charge in [0, 0.05) is 16.5 Å². The first kappa shape index (κ1) is 11.0. The molecule has 84 valence electrons. The van der Waals surface area contributed by atoms with Crippen molar-refractivity contribution in [1.82, 2.24) is 4.98 Å². The third-order valence-electron chi connectivity index (χ3n) is 2.33. The van der Waals surface area contributed by atoms with Crippen LogP contribution in [0.5, 0.6) is 0 Å². The lowest BCUT2D eigenvalue weighted by Gasteiger charge is -2.04. The number of halogens is 1. The van der Waals surface area contributed by atoms with Gasteiger partial charge in [0.15, 0.2) is 0 Å². The molecule has 0 atom stereocenters. The maximum Gasteiger partial charge on any atom is 0.416 e. The minimum atomic E-state index is -0.423. The van der Waals surface area contributed by atoms with Gasteiger partial charge in [0.1, 0.15) is 5.76 Å². The first-order valence-corrected chi connectivity index (χ1v) is 5.44. The molecule has 1 aromatic carbocycles. The number of hydrogen-bond acceptors (Lipinski definition) is 2. The van der Waals surface area contributed by atoms with Crippen LogP contribution in [-0.4, -0.2) is 4.98 Å². The molecule has 4 heteroatoms. The minimum Gasteiger partial charge on any atom is -0.412 e. The zero-order chi connectivity index (χ0) is 11.7. The molecular formula is C12H12ClNO2. The van der Waals surface area contributed by atoms with Gasteiger partial charge >= 0.3 is 5.76 Å². The second kappa shape index (κ2) is 4.18. The van der Waals surface area contributed by atoms with Crippen molar-refractivity contribution in [2.24, 2.45) is 0 Å². The summed E-state index contributed by atoms with van der Waals surface area (Å²) in [5.74, 6) is 0.408. The molecule has 0 spiro atoms. The van der Waals surface area contributed by atoms with Gasteiger partial charge in [-0.1, -0.05) is 37.6 Å². The van der Waals surface area contributed by atoms with Gasteiger partial charge in [-0.25, -0.2) is 4.79 Å². The van der Waals surface area contributed by atoms with E-state index in [-0.39, 0.29) is 5.92 Å². The van der Waals surface area contributed by atoms with Crippen LogP contribution in [0.4, 0.5) is 0 Å². The first-order valence-electron chi connectivity index (χ1n) is 5.07. The summed E-state index contributed by atoms with van der Waals surface area (Å²) in [7, 11) is 0. The van der Waals surface area contributed by atoms with Crippen LogP contribution in [0.25, 0.3) is 11.3 Å². The predicted molar refractivity (Wildman–Crippen MR) is 63.9 cm³/mol. The fourth-order valence-corrected chi connectivity index (χ4v) is 1.70. The molecule has 0 unspecified atom stereocenters. The van der Waals surface area contributed by atoms with Crippen LogP contribution in [0.1, 0.15) is 25.5 Å². The van der Waals surface area contributed by atoms with Gasteiger partial charge in [0.2, 0.25) is 0 Å². The predicted octanol–water partition coefficient (Wildman–Crippen LogP) is 3.41. The fraction of sp³-hybridized carbons (Fsp3) is 0.250. The lowest BCUT2D eigenvalue weighted by atomic mass is 10.0. The topological polar surface area (TPSA) is 46.0 Å². The van der Waals surface area contributed by atoms with Crippen molar-refractivity contribution in [3.63, 3.8) is 0 Å².